The number of nitrogens with zero attached hydrogens (tertiary/aromatic N) is 4. The molecular formula is C7H7N5O4S2. The molecule has 0 aromatic carbocycles. The van der Waals surface area contributed by atoms with Gasteiger partial charge in [-0.15, -0.1) is 10.2 Å². The van der Waals surface area contributed by atoms with Crippen molar-refractivity contribution in [2.24, 2.45) is 12.2 Å². The lowest BCUT2D eigenvalue weighted by atomic mass is 10.4. The topological polar surface area (TPSA) is 134 Å². The third kappa shape index (κ3) is 2.10. The Balaban J connectivity index is 2.52. The van der Waals surface area contributed by atoms with Crippen molar-refractivity contribution in [1.29, 1.82) is 0 Å². The molecule has 0 saturated heterocycles. The Labute approximate surface area is 105 Å². The highest BCUT2D eigenvalue weighted by atomic mass is 32.2. The Hall–Kier alpha value is -1.85. The Bertz CT molecular complexity index is 716. The lowest BCUT2D eigenvalue weighted by Gasteiger charge is -1.99. The van der Waals surface area contributed by atoms with E-state index >= 15 is 0 Å². The second-order valence-corrected chi connectivity index (χ2v) is 5.82. The fourth-order valence-corrected chi connectivity index (χ4v) is 2.79. The first-order valence-electron chi connectivity index (χ1n) is 4.47. The highest BCUT2D eigenvalue weighted by Gasteiger charge is 2.21. The number of nitro groups is 1. The van der Waals surface area contributed by atoms with Crippen LogP contribution in [0.3, 0.4) is 0 Å². The molecule has 2 N–H and O–H groups in total. The minimum atomic E-state index is -3.97. The summed E-state index contributed by atoms with van der Waals surface area (Å²) in [4.78, 5) is 10.5. The Morgan fingerprint density at radius 2 is 2.11 bits per heavy atom. The maximum atomic E-state index is 11.2. The molecular weight excluding hydrogens is 282 g/mol. The van der Waals surface area contributed by atoms with Crippen molar-refractivity contribution >= 4 is 26.4 Å². The van der Waals surface area contributed by atoms with Gasteiger partial charge in [-0.1, -0.05) is 11.3 Å². The van der Waals surface area contributed by atoms with Gasteiger partial charge < -0.3 is 0 Å². The maximum absolute atomic E-state index is 11.2. The summed E-state index contributed by atoms with van der Waals surface area (Å²) in [6.07, 6.45) is 0. The number of aromatic nitrogens is 3. The van der Waals surface area contributed by atoms with Crippen molar-refractivity contribution in [2.75, 3.05) is 0 Å². The van der Waals surface area contributed by atoms with Crippen LogP contribution in [-0.4, -0.2) is 28.1 Å². The Kier molecular flexibility index (Phi) is 2.88. The fraction of sp³-hybridized carbons (Fsp3) is 0.143. The second kappa shape index (κ2) is 4.12. The van der Waals surface area contributed by atoms with Crippen LogP contribution in [-0.2, 0) is 17.1 Å². The quantitative estimate of drug-likeness (QED) is 0.629. The number of rotatable bonds is 3. The molecule has 0 aliphatic carbocycles. The third-order valence-electron chi connectivity index (χ3n) is 2.08. The van der Waals surface area contributed by atoms with E-state index in [0.717, 1.165) is 11.3 Å². The summed E-state index contributed by atoms with van der Waals surface area (Å²) in [6.45, 7) is 0. The Morgan fingerprint density at radius 1 is 1.44 bits per heavy atom. The molecule has 0 bridgehead atoms. The molecule has 2 aromatic rings. The first kappa shape index (κ1) is 12.6. The zero-order valence-electron chi connectivity index (χ0n) is 8.97. The van der Waals surface area contributed by atoms with Crippen LogP contribution in [0.5, 0.6) is 0 Å². The normalized spacial score (nSPS) is 11.7. The van der Waals surface area contributed by atoms with Crippen LogP contribution >= 0.6 is 11.3 Å². The summed E-state index contributed by atoms with van der Waals surface area (Å²) in [5.74, 6) is 0.206. The van der Waals surface area contributed by atoms with Gasteiger partial charge in [0.05, 0.1) is 9.80 Å². The number of primary sulfonamides is 1. The molecule has 2 rings (SSSR count). The van der Waals surface area contributed by atoms with E-state index in [2.05, 4.69) is 10.2 Å². The SMILES string of the molecule is Cn1c(-c2ccc([N+](=O)[O-])s2)nnc1S(N)(=O)=O. The van der Waals surface area contributed by atoms with Crippen molar-refractivity contribution in [3.8, 4) is 10.7 Å². The van der Waals surface area contributed by atoms with Crippen molar-refractivity contribution < 1.29 is 13.3 Å². The van der Waals surface area contributed by atoms with E-state index in [1.54, 1.807) is 0 Å². The molecule has 0 aliphatic rings. The summed E-state index contributed by atoms with van der Waals surface area (Å²) >= 11 is 0.874. The van der Waals surface area contributed by atoms with E-state index < -0.39 is 20.1 Å². The summed E-state index contributed by atoms with van der Waals surface area (Å²) < 4.78 is 23.5. The second-order valence-electron chi connectivity index (χ2n) is 3.31. The zero-order valence-corrected chi connectivity index (χ0v) is 10.6. The number of nitrogens with two attached hydrogens (primary N) is 1. The molecule has 9 nitrogen and oxygen atoms in total. The highest BCUT2D eigenvalue weighted by molar-refractivity contribution is 7.89. The van der Waals surface area contributed by atoms with Gasteiger partial charge in [-0.05, 0) is 6.07 Å². The lowest BCUT2D eigenvalue weighted by molar-refractivity contribution is -0.380. The molecule has 0 saturated carbocycles. The minimum Gasteiger partial charge on any atom is -0.299 e. The fourth-order valence-electron chi connectivity index (χ4n) is 1.32. The van der Waals surface area contributed by atoms with E-state index in [1.807, 2.05) is 0 Å². The number of sulfonamides is 1. The highest BCUT2D eigenvalue weighted by Crippen LogP contribution is 2.31. The van der Waals surface area contributed by atoms with Gasteiger partial charge in [0.15, 0.2) is 5.82 Å². The van der Waals surface area contributed by atoms with E-state index in [4.69, 9.17) is 5.14 Å². The summed E-state index contributed by atoms with van der Waals surface area (Å²) in [5.41, 5.74) is 0. The maximum Gasteiger partial charge on any atom is 0.324 e. The van der Waals surface area contributed by atoms with E-state index in [-0.39, 0.29) is 10.8 Å². The van der Waals surface area contributed by atoms with Crippen molar-refractivity contribution in [2.45, 2.75) is 5.16 Å². The predicted molar refractivity (Wildman–Crippen MR) is 62.3 cm³/mol. The van der Waals surface area contributed by atoms with Gasteiger partial charge in [-0.3, -0.25) is 14.7 Å². The molecule has 0 unspecified atom stereocenters. The standard InChI is InChI=1S/C7H7N5O4S2/c1-11-6(9-10-7(11)18(8,15)16)4-2-3-5(17-4)12(13)14/h2-3H,1H3,(H2,8,15,16). The van der Waals surface area contributed by atoms with Crippen molar-refractivity contribution in [3.05, 3.63) is 22.2 Å². The lowest BCUT2D eigenvalue weighted by Crippen LogP contribution is -2.17. The molecule has 0 spiro atoms. The smallest absolute Gasteiger partial charge is 0.299 e. The molecule has 18 heavy (non-hydrogen) atoms. The van der Waals surface area contributed by atoms with Gasteiger partial charge in [0.1, 0.15) is 0 Å². The van der Waals surface area contributed by atoms with Crippen LogP contribution < -0.4 is 5.14 Å². The van der Waals surface area contributed by atoms with Crippen LogP contribution in [0.2, 0.25) is 0 Å². The largest absolute Gasteiger partial charge is 0.324 e. The molecule has 2 aromatic heterocycles. The molecule has 0 aliphatic heterocycles. The van der Waals surface area contributed by atoms with E-state index in [0.29, 0.717) is 4.88 Å². The molecule has 2 heterocycles. The van der Waals surface area contributed by atoms with Crippen molar-refractivity contribution in [1.82, 2.24) is 14.8 Å². The van der Waals surface area contributed by atoms with Gasteiger partial charge in [0, 0.05) is 13.1 Å². The Morgan fingerprint density at radius 3 is 2.56 bits per heavy atom. The zero-order chi connectivity index (χ0) is 13.5. The van der Waals surface area contributed by atoms with E-state index in [9.17, 15) is 18.5 Å². The van der Waals surface area contributed by atoms with E-state index in [1.165, 1.54) is 23.7 Å². The van der Waals surface area contributed by atoms with Crippen LogP contribution in [0.25, 0.3) is 10.7 Å². The van der Waals surface area contributed by atoms with Gasteiger partial charge in [0.2, 0.25) is 0 Å². The van der Waals surface area contributed by atoms with Gasteiger partial charge >= 0.3 is 5.00 Å². The monoisotopic (exact) mass is 289 g/mol. The number of thiophene rings is 1. The van der Waals surface area contributed by atoms with Gasteiger partial charge in [-0.25, -0.2) is 13.6 Å². The first-order valence-corrected chi connectivity index (χ1v) is 6.84. The summed E-state index contributed by atoms with van der Waals surface area (Å²) in [7, 11) is -2.55. The average molecular weight is 289 g/mol. The molecule has 96 valence electrons. The minimum absolute atomic E-state index is 0.0647. The molecule has 0 radical (unpaired) electrons. The van der Waals surface area contributed by atoms with Crippen LogP contribution in [0.4, 0.5) is 5.00 Å². The summed E-state index contributed by atoms with van der Waals surface area (Å²) in [6, 6.07) is 2.78. The molecule has 11 heteroatoms. The molecule has 0 atom stereocenters. The number of hydrogen-bond donors (Lipinski definition) is 1. The van der Waals surface area contributed by atoms with Gasteiger partial charge in [-0.2, -0.15) is 0 Å². The van der Waals surface area contributed by atoms with Crippen LogP contribution in [0.15, 0.2) is 17.3 Å². The number of hydrogen-bond acceptors (Lipinski definition) is 7. The van der Waals surface area contributed by atoms with Crippen LogP contribution in [0, 0.1) is 10.1 Å². The summed E-state index contributed by atoms with van der Waals surface area (Å²) in [5, 5.41) is 22.2. The molecule has 0 amide bonds. The predicted octanol–water partition coefficient (Wildman–Crippen LogP) is 0.0992. The molecule has 0 fully saturated rings. The first-order chi connectivity index (χ1) is 8.30. The average Bonchev–Trinajstić information content (AvgIpc) is 2.81. The van der Waals surface area contributed by atoms with Crippen LogP contribution in [0.1, 0.15) is 0 Å². The van der Waals surface area contributed by atoms with Crippen molar-refractivity contribution in [3.63, 3.8) is 0 Å². The van der Waals surface area contributed by atoms with Gasteiger partial charge in [0.25, 0.3) is 15.2 Å². The third-order valence-corrected chi connectivity index (χ3v) is 3.98.